The Morgan fingerprint density at radius 1 is 1.48 bits per heavy atom. The predicted octanol–water partition coefficient (Wildman–Crippen LogP) is 2.94. The van der Waals surface area contributed by atoms with Gasteiger partial charge in [-0.15, -0.1) is 22.0 Å². The van der Waals surface area contributed by atoms with Crippen LogP contribution in [0.2, 0.25) is 0 Å². The summed E-state index contributed by atoms with van der Waals surface area (Å²) in [5, 5.41) is 20.3. The van der Waals surface area contributed by atoms with Crippen LogP contribution in [-0.2, 0) is 11.8 Å². The fraction of sp³-hybridized carbons (Fsp3) is 0.333. The summed E-state index contributed by atoms with van der Waals surface area (Å²) in [4.78, 5) is 13.1. The number of nitriles is 1. The fourth-order valence-corrected chi connectivity index (χ4v) is 3.46. The molecule has 1 aromatic heterocycles. The van der Waals surface area contributed by atoms with Crippen LogP contribution in [-0.4, -0.2) is 31.7 Å². The van der Waals surface area contributed by atoms with E-state index in [2.05, 4.69) is 21.6 Å². The summed E-state index contributed by atoms with van der Waals surface area (Å²) in [7, 11) is 1.84. The summed E-state index contributed by atoms with van der Waals surface area (Å²) in [6.07, 6.45) is 2.07. The maximum atomic E-state index is 12.1. The van der Waals surface area contributed by atoms with Gasteiger partial charge in [-0.25, -0.2) is 0 Å². The van der Waals surface area contributed by atoms with Gasteiger partial charge in [0.1, 0.15) is 6.33 Å². The number of hydrogen-bond acceptors (Lipinski definition) is 6. The molecule has 1 aromatic carbocycles. The van der Waals surface area contributed by atoms with E-state index in [1.165, 1.54) is 11.8 Å². The summed E-state index contributed by atoms with van der Waals surface area (Å²) < 4.78 is 1.77. The van der Waals surface area contributed by atoms with Crippen molar-refractivity contribution >= 4 is 35.1 Å². The Morgan fingerprint density at radius 2 is 2.26 bits per heavy atom. The zero-order valence-corrected chi connectivity index (χ0v) is 14.5. The molecule has 1 amide bonds. The molecule has 0 aliphatic heterocycles. The van der Waals surface area contributed by atoms with Gasteiger partial charge in [0.05, 0.1) is 17.5 Å². The second kappa shape index (κ2) is 8.60. The van der Waals surface area contributed by atoms with Crippen LogP contribution in [0, 0.1) is 11.3 Å². The van der Waals surface area contributed by atoms with Crippen molar-refractivity contribution < 1.29 is 4.79 Å². The molecule has 0 unspecified atom stereocenters. The number of thioether (sulfide) groups is 2. The average Bonchev–Trinajstić information content (AvgIpc) is 2.93. The normalized spacial score (nSPS) is 11.7. The van der Waals surface area contributed by atoms with E-state index < -0.39 is 0 Å². The van der Waals surface area contributed by atoms with Crippen LogP contribution in [0.3, 0.4) is 0 Å². The van der Waals surface area contributed by atoms with E-state index in [-0.39, 0.29) is 16.9 Å². The number of amides is 1. The number of hydrogen-bond donors (Lipinski definition) is 1. The minimum atomic E-state index is -0.0982. The van der Waals surface area contributed by atoms with Gasteiger partial charge in [0.15, 0.2) is 5.16 Å². The van der Waals surface area contributed by atoms with Gasteiger partial charge < -0.3 is 9.88 Å². The smallest absolute Gasteiger partial charge is 0.234 e. The lowest BCUT2D eigenvalue weighted by molar-refractivity contribution is -0.113. The molecule has 0 saturated heterocycles. The lowest BCUT2D eigenvalue weighted by Gasteiger charge is -2.13. The molecule has 8 heteroatoms. The standard InChI is InChI=1S/C15H17N5OS2/c1-11(7-8-16)23-13-6-4-3-5-12(13)18-14(21)9-22-15-19-17-10-20(15)2/h3-6,10-11H,7,9H2,1-2H3,(H,18,21)/t11-/m0/s1. The highest BCUT2D eigenvalue weighted by Crippen LogP contribution is 2.31. The monoisotopic (exact) mass is 347 g/mol. The SMILES string of the molecule is C[C@@H](CC#N)Sc1ccccc1NC(=O)CSc1nncn1C. The third-order valence-electron chi connectivity index (χ3n) is 2.87. The van der Waals surface area contributed by atoms with E-state index in [0.29, 0.717) is 11.6 Å². The fourth-order valence-electron chi connectivity index (χ4n) is 1.78. The van der Waals surface area contributed by atoms with Gasteiger partial charge in [0, 0.05) is 23.6 Å². The highest BCUT2D eigenvalue weighted by Gasteiger charge is 2.12. The number of nitrogens with zero attached hydrogens (tertiary/aromatic N) is 4. The molecule has 1 heterocycles. The van der Waals surface area contributed by atoms with Crippen LogP contribution >= 0.6 is 23.5 Å². The highest BCUT2D eigenvalue weighted by molar-refractivity contribution is 8.00. The quantitative estimate of drug-likeness (QED) is 0.775. The van der Waals surface area contributed by atoms with Gasteiger partial charge in [-0.1, -0.05) is 30.8 Å². The summed E-state index contributed by atoms with van der Waals surface area (Å²) in [6.45, 7) is 2.00. The second-order valence-electron chi connectivity index (χ2n) is 4.85. The van der Waals surface area contributed by atoms with E-state index in [1.54, 1.807) is 22.7 Å². The molecule has 6 nitrogen and oxygen atoms in total. The van der Waals surface area contributed by atoms with Crippen molar-refractivity contribution in [1.29, 1.82) is 5.26 Å². The van der Waals surface area contributed by atoms with Crippen LogP contribution in [0.5, 0.6) is 0 Å². The van der Waals surface area contributed by atoms with Gasteiger partial charge >= 0.3 is 0 Å². The van der Waals surface area contributed by atoms with Crippen LogP contribution in [0.15, 0.2) is 40.6 Å². The molecule has 0 fully saturated rings. The number of rotatable bonds is 7. The first-order valence-corrected chi connectivity index (χ1v) is 8.86. The van der Waals surface area contributed by atoms with E-state index in [1.807, 2.05) is 38.2 Å². The molecule has 1 atom stereocenters. The Kier molecular flexibility index (Phi) is 6.50. The number of carbonyl (C=O) groups excluding carboxylic acids is 1. The number of para-hydroxylation sites is 1. The van der Waals surface area contributed by atoms with Crippen LogP contribution in [0.4, 0.5) is 5.69 Å². The van der Waals surface area contributed by atoms with Crippen molar-refractivity contribution in [2.75, 3.05) is 11.1 Å². The molecule has 0 radical (unpaired) electrons. The summed E-state index contributed by atoms with van der Waals surface area (Å²) in [6, 6.07) is 9.78. The molecule has 2 aromatic rings. The Morgan fingerprint density at radius 3 is 2.96 bits per heavy atom. The molecule has 0 aliphatic rings. The molecular formula is C15H17N5OS2. The topological polar surface area (TPSA) is 83.6 Å². The van der Waals surface area contributed by atoms with Crippen molar-refractivity contribution in [3.05, 3.63) is 30.6 Å². The maximum Gasteiger partial charge on any atom is 0.234 e. The Bertz CT molecular complexity index is 710. The van der Waals surface area contributed by atoms with Crippen molar-refractivity contribution in [3.8, 4) is 6.07 Å². The zero-order chi connectivity index (χ0) is 16.7. The molecule has 0 aliphatic carbocycles. The number of aryl methyl sites for hydroxylation is 1. The minimum Gasteiger partial charge on any atom is -0.324 e. The Hall–Kier alpha value is -1.98. The van der Waals surface area contributed by atoms with Gasteiger partial charge in [0.25, 0.3) is 0 Å². The molecule has 23 heavy (non-hydrogen) atoms. The summed E-state index contributed by atoms with van der Waals surface area (Å²) in [5.74, 6) is 0.165. The molecule has 0 saturated carbocycles. The number of anilines is 1. The first-order chi connectivity index (χ1) is 11.1. The predicted molar refractivity (Wildman–Crippen MR) is 92.3 cm³/mol. The number of nitrogens with one attached hydrogen (secondary N) is 1. The molecule has 1 N–H and O–H groups in total. The second-order valence-corrected chi connectivity index (χ2v) is 7.27. The third-order valence-corrected chi connectivity index (χ3v) is 5.08. The third kappa shape index (κ3) is 5.30. The van der Waals surface area contributed by atoms with Crippen molar-refractivity contribution in [1.82, 2.24) is 14.8 Å². The van der Waals surface area contributed by atoms with E-state index in [9.17, 15) is 4.79 Å². The number of carbonyl (C=O) groups is 1. The van der Waals surface area contributed by atoms with Gasteiger partial charge in [0.2, 0.25) is 5.91 Å². The molecule has 120 valence electrons. The summed E-state index contributed by atoms with van der Waals surface area (Å²) >= 11 is 2.92. The Labute approximate surface area is 143 Å². The van der Waals surface area contributed by atoms with Gasteiger partial charge in [-0.05, 0) is 12.1 Å². The molecular weight excluding hydrogens is 330 g/mol. The van der Waals surface area contributed by atoms with Crippen LogP contribution < -0.4 is 5.32 Å². The first kappa shape index (κ1) is 17.4. The lowest BCUT2D eigenvalue weighted by Crippen LogP contribution is -2.15. The first-order valence-electron chi connectivity index (χ1n) is 6.99. The lowest BCUT2D eigenvalue weighted by atomic mass is 10.3. The van der Waals surface area contributed by atoms with Crippen LogP contribution in [0.25, 0.3) is 0 Å². The molecule has 0 bridgehead atoms. The van der Waals surface area contributed by atoms with E-state index >= 15 is 0 Å². The van der Waals surface area contributed by atoms with E-state index in [0.717, 1.165) is 10.6 Å². The average molecular weight is 347 g/mol. The highest BCUT2D eigenvalue weighted by atomic mass is 32.2. The van der Waals surface area contributed by atoms with Crippen molar-refractivity contribution in [2.24, 2.45) is 7.05 Å². The largest absolute Gasteiger partial charge is 0.324 e. The van der Waals surface area contributed by atoms with Crippen molar-refractivity contribution in [2.45, 2.75) is 28.6 Å². The molecule has 2 rings (SSSR count). The van der Waals surface area contributed by atoms with Gasteiger partial charge in [-0.2, -0.15) is 5.26 Å². The maximum absolute atomic E-state index is 12.1. The van der Waals surface area contributed by atoms with Gasteiger partial charge in [-0.3, -0.25) is 4.79 Å². The van der Waals surface area contributed by atoms with Crippen molar-refractivity contribution in [3.63, 3.8) is 0 Å². The number of aromatic nitrogens is 3. The summed E-state index contributed by atoms with van der Waals surface area (Å²) in [5.41, 5.74) is 0.769. The number of benzene rings is 1. The van der Waals surface area contributed by atoms with Crippen LogP contribution in [0.1, 0.15) is 13.3 Å². The van der Waals surface area contributed by atoms with E-state index in [4.69, 9.17) is 5.26 Å². The molecule has 0 spiro atoms. The minimum absolute atomic E-state index is 0.0982. The Balaban J connectivity index is 1.95. The zero-order valence-electron chi connectivity index (χ0n) is 12.9.